The molecule has 6 heteroatoms. The molecule has 0 saturated carbocycles. The van der Waals surface area contributed by atoms with Gasteiger partial charge in [0.15, 0.2) is 6.61 Å². The average Bonchev–Trinajstić information content (AvgIpc) is 2.79. The van der Waals surface area contributed by atoms with Gasteiger partial charge in [0, 0.05) is 11.3 Å². The van der Waals surface area contributed by atoms with Gasteiger partial charge in [-0.1, -0.05) is 24.3 Å². The molecule has 0 aliphatic heterocycles. The Balaban J connectivity index is 1.53. The molecular weight excluding hydrogens is 394 g/mol. The molecule has 1 amide bonds. The molecule has 0 saturated heterocycles. The number of methoxy groups -OCH3 is 1. The van der Waals surface area contributed by atoms with Crippen LogP contribution in [0.4, 0.5) is 5.69 Å². The molecule has 3 aromatic carbocycles. The Kier molecular flexibility index (Phi) is 7.43. The van der Waals surface area contributed by atoms with Crippen molar-refractivity contribution >= 4 is 17.6 Å². The molecule has 0 unspecified atom stereocenters. The molecular formula is C25H23NO5. The predicted molar refractivity (Wildman–Crippen MR) is 119 cm³/mol. The number of esters is 1. The van der Waals surface area contributed by atoms with E-state index in [1.165, 1.54) is 0 Å². The zero-order valence-electron chi connectivity index (χ0n) is 17.2. The summed E-state index contributed by atoms with van der Waals surface area (Å²) in [5.74, 6) is 0.838. The molecule has 0 atom stereocenters. The first-order chi connectivity index (χ1) is 15.1. The van der Waals surface area contributed by atoms with Gasteiger partial charge < -0.3 is 19.5 Å². The van der Waals surface area contributed by atoms with Gasteiger partial charge >= 0.3 is 5.97 Å². The van der Waals surface area contributed by atoms with Crippen molar-refractivity contribution in [2.75, 3.05) is 19.0 Å². The van der Waals surface area contributed by atoms with Crippen molar-refractivity contribution in [1.82, 2.24) is 0 Å². The van der Waals surface area contributed by atoms with Crippen LogP contribution in [-0.4, -0.2) is 25.6 Å². The van der Waals surface area contributed by atoms with Crippen molar-refractivity contribution in [2.24, 2.45) is 0 Å². The van der Waals surface area contributed by atoms with E-state index < -0.39 is 5.97 Å². The third kappa shape index (κ3) is 6.21. The van der Waals surface area contributed by atoms with Gasteiger partial charge in [-0.3, -0.25) is 4.79 Å². The van der Waals surface area contributed by atoms with Gasteiger partial charge in [0.25, 0.3) is 5.91 Å². The second-order valence-corrected chi connectivity index (χ2v) is 6.57. The summed E-state index contributed by atoms with van der Waals surface area (Å²) >= 11 is 0. The van der Waals surface area contributed by atoms with Crippen LogP contribution in [0.1, 0.15) is 15.9 Å². The van der Waals surface area contributed by atoms with Crippen LogP contribution in [0.25, 0.3) is 0 Å². The summed E-state index contributed by atoms with van der Waals surface area (Å²) in [7, 11) is 1.58. The maximum Gasteiger partial charge on any atom is 0.349 e. The molecule has 0 aromatic heterocycles. The van der Waals surface area contributed by atoms with Crippen LogP contribution in [0, 0.1) is 0 Å². The molecule has 0 bridgehead atoms. The smallest absolute Gasteiger partial charge is 0.349 e. The third-order valence-electron chi connectivity index (χ3n) is 4.38. The number of carbonyl (C=O) groups excluding carboxylic acids is 2. The first-order valence-electron chi connectivity index (χ1n) is 9.67. The summed E-state index contributed by atoms with van der Waals surface area (Å²) in [6.07, 6.45) is 2.41. The topological polar surface area (TPSA) is 73.9 Å². The number of benzene rings is 3. The zero-order valence-corrected chi connectivity index (χ0v) is 17.2. The monoisotopic (exact) mass is 417 g/mol. The van der Waals surface area contributed by atoms with Crippen LogP contribution < -0.4 is 19.5 Å². The normalized spacial score (nSPS) is 10.1. The molecule has 0 spiro atoms. The SMILES string of the molecule is C=CCc1ccccc1OCC(=O)Oc1ccc(C(=O)Nc2ccc(OC)cc2)cc1. The van der Waals surface area contributed by atoms with E-state index in [4.69, 9.17) is 14.2 Å². The lowest BCUT2D eigenvalue weighted by molar-refractivity contribution is -0.136. The number of rotatable bonds is 9. The Morgan fingerprint density at radius 1 is 0.935 bits per heavy atom. The van der Waals surface area contributed by atoms with Crippen LogP contribution in [0.5, 0.6) is 17.2 Å². The molecule has 6 nitrogen and oxygen atoms in total. The molecule has 0 fully saturated rings. The summed E-state index contributed by atoms with van der Waals surface area (Å²) in [6.45, 7) is 3.49. The van der Waals surface area contributed by atoms with E-state index >= 15 is 0 Å². The first kappa shape index (κ1) is 21.6. The molecule has 0 aliphatic rings. The molecule has 158 valence electrons. The van der Waals surface area contributed by atoms with Gasteiger partial charge in [-0.25, -0.2) is 4.79 Å². The first-order valence-corrected chi connectivity index (χ1v) is 9.67. The predicted octanol–water partition coefficient (Wildman–Crippen LogP) is 4.66. The standard InChI is InChI=1S/C25H23NO5/c1-3-6-18-7-4-5-8-23(18)30-17-24(27)31-22-13-9-19(10-14-22)25(28)26-20-11-15-21(29-2)16-12-20/h3-5,7-16H,1,6,17H2,2H3,(H,26,28). The lowest BCUT2D eigenvalue weighted by Gasteiger charge is -2.10. The van der Waals surface area contributed by atoms with Gasteiger partial charge in [-0.2, -0.15) is 0 Å². The second-order valence-electron chi connectivity index (χ2n) is 6.57. The quantitative estimate of drug-likeness (QED) is 0.311. The fraction of sp³-hybridized carbons (Fsp3) is 0.120. The van der Waals surface area contributed by atoms with E-state index in [0.29, 0.717) is 34.9 Å². The van der Waals surface area contributed by atoms with Crippen molar-refractivity contribution < 1.29 is 23.8 Å². The molecule has 3 aromatic rings. The average molecular weight is 417 g/mol. The van der Waals surface area contributed by atoms with Gasteiger partial charge in [-0.15, -0.1) is 6.58 Å². The molecule has 31 heavy (non-hydrogen) atoms. The number of allylic oxidation sites excluding steroid dienone is 1. The maximum absolute atomic E-state index is 12.4. The highest BCUT2D eigenvalue weighted by Gasteiger charge is 2.10. The minimum atomic E-state index is -0.538. The Morgan fingerprint density at radius 3 is 2.29 bits per heavy atom. The Labute approximate surface area is 181 Å². The number of hydrogen-bond acceptors (Lipinski definition) is 5. The van der Waals surface area contributed by atoms with Crippen LogP contribution >= 0.6 is 0 Å². The fourth-order valence-corrected chi connectivity index (χ4v) is 2.82. The summed E-state index contributed by atoms with van der Waals surface area (Å²) in [4.78, 5) is 24.5. The largest absolute Gasteiger partial charge is 0.497 e. The number of carbonyl (C=O) groups is 2. The maximum atomic E-state index is 12.4. The van der Waals surface area contributed by atoms with Gasteiger partial charge in [0.2, 0.25) is 0 Å². The van der Waals surface area contributed by atoms with Crippen molar-refractivity contribution in [2.45, 2.75) is 6.42 Å². The number of anilines is 1. The van der Waals surface area contributed by atoms with Crippen molar-refractivity contribution in [3.63, 3.8) is 0 Å². The van der Waals surface area contributed by atoms with Crippen molar-refractivity contribution in [1.29, 1.82) is 0 Å². The van der Waals surface area contributed by atoms with Crippen LogP contribution in [-0.2, 0) is 11.2 Å². The molecule has 1 N–H and O–H groups in total. The summed E-state index contributed by atoms with van der Waals surface area (Å²) in [5, 5.41) is 2.79. The highest BCUT2D eigenvalue weighted by atomic mass is 16.6. The molecule has 3 rings (SSSR count). The van der Waals surface area contributed by atoms with Crippen LogP contribution in [0.2, 0.25) is 0 Å². The third-order valence-corrected chi connectivity index (χ3v) is 4.38. The number of hydrogen-bond donors (Lipinski definition) is 1. The minimum absolute atomic E-state index is 0.228. The number of ether oxygens (including phenoxy) is 3. The van der Waals surface area contributed by atoms with Crippen molar-refractivity contribution in [3.8, 4) is 17.2 Å². The Bertz CT molecular complexity index is 1040. The van der Waals surface area contributed by atoms with E-state index in [2.05, 4.69) is 11.9 Å². The van der Waals surface area contributed by atoms with E-state index in [0.717, 1.165) is 5.56 Å². The number of para-hydroxylation sites is 1. The summed E-state index contributed by atoms with van der Waals surface area (Å²) in [6, 6.07) is 20.8. The number of nitrogens with one attached hydrogen (secondary N) is 1. The lowest BCUT2D eigenvalue weighted by Crippen LogP contribution is -2.18. The highest BCUT2D eigenvalue weighted by Crippen LogP contribution is 2.20. The zero-order chi connectivity index (χ0) is 22.1. The Hall–Kier alpha value is -4.06. The highest BCUT2D eigenvalue weighted by molar-refractivity contribution is 6.04. The van der Waals surface area contributed by atoms with E-state index in [9.17, 15) is 9.59 Å². The summed E-state index contributed by atoms with van der Waals surface area (Å²) in [5.41, 5.74) is 2.03. The van der Waals surface area contributed by atoms with E-state index in [1.807, 2.05) is 18.2 Å². The minimum Gasteiger partial charge on any atom is -0.497 e. The summed E-state index contributed by atoms with van der Waals surface area (Å²) < 4.78 is 16.0. The molecule has 0 heterocycles. The van der Waals surface area contributed by atoms with Crippen LogP contribution in [0.15, 0.2) is 85.5 Å². The molecule has 0 aliphatic carbocycles. The Morgan fingerprint density at radius 2 is 1.61 bits per heavy atom. The number of amides is 1. The van der Waals surface area contributed by atoms with E-state index in [-0.39, 0.29) is 12.5 Å². The van der Waals surface area contributed by atoms with Gasteiger partial charge in [-0.05, 0) is 66.6 Å². The van der Waals surface area contributed by atoms with E-state index in [1.54, 1.807) is 67.8 Å². The van der Waals surface area contributed by atoms with Crippen LogP contribution in [0.3, 0.4) is 0 Å². The van der Waals surface area contributed by atoms with Crippen molar-refractivity contribution in [3.05, 3.63) is 96.6 Å². The lowest BCUT2D eigenvalue weighted by atomic mass is 10.1. The van der Waals surface area contributed by atoms with Gasteiger partial charge in [0.1, 0.15) is 17.2 Å². The van der Waals surface area contributed by atoms with Gasteiger partial charge in [0.05, 0.1) is 7.11 Å². The fourth-order valence-electron chi connectivity index (χ4n) is 2.82. The second kappa shape index (κ2) is 10.6. The molecule has 0 radical (unpaired) electrons.